The molecule has 1 heterocycles. The molecule has 0 aliphatic heterocycles. The number of halogens is 1. The molecule has 7 heteroatoms. The number of carbonyl (C=O) groups is 1. The van der Waals surface area contributed by atoms with Gasteiger partial charge < -0.3 is 9.88 Å². The Kier molecular flexibility index (Phi) is 5.54. The van der Waals surface area contributed by atoms with E-state index in [1.165, 1.54) is 12.1 Å². The third-order valence-electron chi connectivity index (χ3n) is 5.52. The molecule has 1 N–H and O–H groups in total. The van der Waals surface area contributed by atoms with Crippen molar-refractivity contribution in [3.8, 4) is 0 Å². The van der Waals surface area contributed by atoms with Crippen molar-refractivity contribution < 1.29 is 17.6 Å². The molecule has 0 unspecified atom stereocenters. The number of aromatic nitrogens is 1. The van der Waals surface area contributed by atoms with Crippen LogP contribution in [0.25, 0.3) is 21.8 Å². The largest absolute Gasteiger partial charge is 0.348 e. The normalized spacial score (nSPS) is 11.8. The van der Waals surface area contributed by atoms with Crippen molar-refractivity contribution in [2.75, 3.05) is 5.75 Å². The molecule has 0 bridgehead atoms. The predicted octanol–water partition coefficient (Wildman–Crippen LogP) is 4.68. The van der Waals surface area contributed by atoms with Gasteiger partial charge in [-0.2, -0.15) is 0 Å². The minimum absolute atomic E-state index is 0.0455. The first kappa shape index (κ1) is 21.1. The van der Waals surface area contributed by atoms with E-state index in [9.17, 15) is 17.6 Å². The summed E-state index contributed by atoms with van der Waals surface area (Å²) in [6, 6.07) is 16.6. The highest BCUT2D eigenvalue weighted by molar-refractivity contribution is 7.91. The maximum atomic E-state index is 13.8. The lowest BCUT2D eigenvalue weighted by Crippen LogP contribution is -2.22. The van der Waals surface area contributed by atoms with Gasteiger partial charge in [0.15, 0.2) is 9.84 Å². The summed E-state index contributed by atoms with van der Waals surface area (Å²) in [6.07, 6.45) is 0. The van der Waals surface area contributed by atoms with Crippen LogP contribution in [0.5, 0.6) is 0 Å². The molecule has 0 atom stereocenters. The summed E-state index contributed by atoms with van der Waals surface area (Å²) in [5.74, 6) is -0.517. The molecule has 0 aliphatic rings. The molecular formula is C24H23FN2O3S. The van der Waals surface area contributed by atoms with E-state index < -0.39 is 9.84 Å². The van der Waals surface area contributed by atoms with Gasteiger partial charge in [-0.05, 0) is 61.0 Å². The fourth-order valence-electron chi connectivity index (χ4n) is 3.82. The van der Waals surface area contributed by atoms with Crippen molar-refractivity contribution in [3.63, 3.8) is 0 Å². The Morgan fingerprint density at radius 1 is 0.935 bits per heavy atom. The summed E-state index contributed by atoms with van der Waals surface area (Å²) in [5, 5.41) is 4.47. The van der Waals surface area contributed by atoms with Gasteiger partial charge in [0, 0.05) is 40.5 Å². The van der Waals surface area contributed by atoms with Gasteiger partial charge in [0.1, 0.15) is 5.82 Å². The molecular weight excluding hydrogens is 415 g/mol. The smallest absolute Gasteiger partial charge is 0.251 e. The summed E-state index contributed by atoms with van der Waals surface area (Å²) in [4.78, 5) is 13.0. The number of rotatable bonds is 6. The number of nitrogens with zero attached hydrogens (tertiary/aromatic N) is 1. The molecule has 31 heavy (non-hydrogen) atoms. The summed E-state index contributed by atoms with van der Waals surface area (Å²) in [6.45, 7) is 4.64. The number of hydrogen-bond donors (Lipinski definition) is 1. The summed E-state index contributed by atoms with van der Waals surface area (Å²) in [7, 11) is -3.25. The third kappa shape index (κ3) is 3.93. The van der Waals surface area contributed by atoms with E-state index in [0.717, 1.165) is 33.9 Å². The van der Waals surface area contributed by atoms with Crippen molar-refractivity contribution in [3.05, 3.63) is 77.6 Å². The maximum Gasteiger partial charge on any atom is 0.251 e. The topological polar surface area (TPSA) is 68.2 Å². The fourth-order valence-corrected chi connectivity index (χ4v) is 4.71. The summed E-state index contributed by atoms with van der Waals surface area (Å²) < 4.78 is 39.8. The van der Waals surface area contributed by atoms with Crippen molar-refractivity contribution in [2.45, 2.75) is 31.8 Å². The fraction of sp³-hybridized carbons (Fsp3) is 0.208. The quantitative estimate of drug-likeness (QED) is 0.475. The molecule has 1 amide bonds. The summed E-state index contributed by atoms with van der Waals surface area (Å²) >= 11 is 0. The lowest BCUT2D eigenvalue weighted by atomic mass is 10.1. The average molecular weight is 439 g/mol. The first-order valence-electron chi connectivity index (χ1n) is 10.2. The number of benzene rings is 3. The number of sulfone groups is 1. The van der Waals surface area contributed by atoms with E-state index in [1.807, 2.05) is 13.0 Å². The third-order valence-corrected chi connectivity index (χ3v) is 7.27. The first-order chi connectivity index (χ1) is 14.8. The van der Waals surface area contributed by atoms with E-state index in [0.29, 0.717) is 5.56 Å². The number of aryl methyl sites for hydroxylation is 1. The van der Waals surface area contributed by atoms with E-state index in [2.05, 4.69) is 9.88 Å². The monoisotopic (exact) mass is 438 g/mol. The molecule has 0 radical (unpaired) electrons. The minimum atomic E-state index is -3.25. The molecule has 5 nitrogen and oxygen atoms in total. The lowest BCUT2D eigenvalue weighted by molar-refractivity contribution is 0.0951. The number of carbonyl (C=O) groups excluding carboxylic acids is 1. The molecule has 0 spiro atoms. The van der Waals surface area contributed by atoms with E-state index in [1.54, 1.807) is 49.4 Å². The van der Waals surface area contributed by atoms with Crippen molar-refractivity contribution in [1.29, 1.82) is 0 Å². The number of nitrogens with one attached hydrogen (secondary N) is 1. The number of amides is 1. The second-order valence-electron chi connectivity index (χ2n) is 7.37. The van der Waals surface area contributed by atoms with Crippen LogP contribution in [-0.4, -0.2) is 24.6 Å². The maximum absolute atomic E-state index is 13.8. The van der Waals surface area contributed by atoms with Crippen LogP contribution in [0.15, 0.2) is 65.6 Å². The number of fused-ring (bicyclic) bond motifs is 3. The Morgan fingerprint density at radius 2 is 1.58 bits per heavy atom. The highest BCUT2D eigenvalue weighted by Gasteiger charge is 2.14. The first-order valence-corrected chi connectivity index (χ1v) is 11.8. The molecule has 0 aliphatic carbocycles. The second-order valence-corrected chi connectivity index (χ2v) is 9.65. The lowest BCUT2D eigenvalue weighted by Gasteiger charge is -2.08. The molecule has 4 rings (SSSR count). The molecule has 3 aromatic carbocycles. The van der Waals surface area contributed by atoms with Crippen molar-refractivity contribution >= 4 is 37.6 Å². The SMILES string of the molecule is CCn1c2ccc(F)cc2c2cc(C(=O)NCc3ccc(S(=O)(=O)CC)cc3)ccc21. The molecule has 4 aromatic rings. The van der Waals surface area contributed by atoms with Gasteiger partial charge in [-0.15, -0.1) is 0 Å². The summed E-state index contributed by atoms with van der Waals surface area (Å²) in [5.41, 5.74) is 3.16. The van der Waals surface area contributed by atoms with Crippen LogP contribution in [0.3, 0.4) is 0 Å². The predicted molar refractivity (Wildman–Crippen MR) is 120 cm³/mol. The van der Waals surface area contributed by atoms with Crippen LogP contribution < -0.4 is 5.32 Å². The Bertz CT molecular complexity index is 1390. The zero-order valence-electron chi connectivity index (χ0n) is 17.4. The molecule has 0 saturated heterocycles. The molecule has 0 saturated carbocycles. The van der Waals surface area contributed by atoms with Gasteiger partial charge in [-0.3, -0.25) is 4.79 Å². The van der Waals surface area contributed by atoms with Gasteiger partial charge >= 0.3 is 0 Å². The standard InChI is InChI=1S/C24H23FN2O3S/c1-3-27-22-11-7-17(13-20(22)21-14-18(25)8-12-23(21)27)24(28)26-15-16-5-9-19(10-6-16)31(29,30)4-2/h5-14H,3-4,15H2,1-2H3,(H,26,28). The Labute approximate surface area is 180 Å². The van der Waals surface area contributed by atoms with Gasteiger partial charge in [-0.1, -0.05) is 19.1 Å². The van der Waals surface area contributed by atoms with Crippen LogP contribution >= 0.6 is 0 Å². The molecule has 1 aromatic heterocycles. The molecule has 0 fully saturated rings. The van der Waals surface area contributed by atoms with Crippen LogP contribution in [0.1, 0.15) is 29.8 Å². The van der Waals surface area contributed by atoms with Crippen LogP contribution in [0.4, 0.5) is 4.39 Å². The van der Waals surface area contributed by atoms with Gasteiger partial charge in [0.2, 0.25) is 0 Å². The Balaban J connectivity index is 1.58. The highest BCUT2D eigenvalue weighted by Crippen LogP contribution is 2.30. The second kappa shape index (κ2) is 8.15. The van der Waals surface area contributed by atoms with E-state index in [-0.39, 0.29) is 28.9 Å². The highest BCUT2D eigenvalue weighted by atomic mass is 32.2. The van der Waals surface area contributed by atoms with Crippen LogP contribution in [-0.2, 0) is 22.9 Å². The number of hydrogen-bond acceptors (Lipinski definition) is 3. The zero-order valence-corrected chi connectivity index (χ0v) is 18.2. The Morgan fingerprint density at radius 3 is 2.23 bits per heavy atom. The van der Waals surface area contributed by atoms with Crippen molar-refractivity contribution in [2.24, 2.45) is 0 Å². The average Bonchev–Trinajstić information content (AvgIpc) is 3.09. The van der Waals surface area contributed by atoms with Crippen molar-refractivity contribution in [1.82, 2.24) is 9.88 Å². The van der Waals surface area contributed by atoms with Gasteiger partial charge in [-0.25, -0.2) is 12.8 Å². The van der Waals surface area contributed by atoms with Gasteiger partial charge in [0.25, 0.3) is 5.91 Å². The van der Waals surface area contributed by atoms with Crippen LogP contribution in [0, 0.1) is 5.82 Å². The van der Waals surface area contributed by atoms with E-state index in [4.69, 9.17) is 0 Å². The Hall–Kier alpha value is -3.19. The van der Waals surface area contributed by atoms with E-state index >= 15 is 0 Å². The van der Waals surface area contributed by atoms with Crippen LogP contribution in [0.2, 0.25) is 0 Å². The zero-order chi connectivity index (χ0) is 22.2. The minimum Gasteiger partial charge on any atom is -0.348 e. The molecule has 160 valence electrons. The van der Waals surface area contributed by atoms with Gasteiger partial charge in [0.05, 0.1) is 10.6 Å².